The molecule has 0 spiro atoms. The highest BCUT2D eigenvalue weighted by molar-refractivity contribution is 5.79. The second-order valence-corrected chi connectivity index (χ2v) is 14.2. The summed E-state index contributed by atoms with van der Waals surface area (Å²) in [6.07, 6.45) is 17.5. The van der Waals surface area contributed by atoms with E-state index in [1.165, 1.54) is 21.8 Å². The summed E-state index contributed by atoms with van der Waals surface area (Å²) >= 11 is 0. The Morgan fingerprint density at radius 1 is 0.508 bits per heavy atom. The molecule has 13 heteroatoms. The summed E-state index contributed by atoms with van der Waals surface area (Å²) in [5.74, 6) is 1.66. The first-order valence-electron chi connectivity index (χ1n) is 18.3. The molecule has 59 heavy (non-hydrogen) atoms. The minimum Gasteiger partial charge on any atom is -0.456 e. The van der Waals surface area contributed by atoms with E-state index in [1.54, 1.807) is 0 Å². The maximum Gasteiger partial charge on any atom is 0.212 e. The molecular weight excluding hydrogens is 795 g/mol. The van der Waals surface area contributed by atoms with Crippen molar-refractivity contribution in [3.05, 3.63) is 204 Å². The van der Waals surface area contributed by atoms with Crippen LogP contribution in [-0.2, 0) is 17.8 Å². The van der Waals surface area contributed by atoms with Crippen LogP contribution < -0.4 is 46.4 Å². The van der Waals surface area contributed by atoms with E-state index in [2.05, 4.69) is 169 Å². The number of aromatic nitrogens is 2. The zero-order chi connectivity index (χ0) is 42.4. The minimum atomic E-state index is -4.94. The van der Waals surface area contributed by atoms with E-state index < -0.39 is 20.5 Å². The number of ether oxygens (including phenoxy) is 1. The van der Waals surface area contributed by atoms with Crippen molar-refractivity contribution in [3.63, 3.8) is 0 Å². The van der Waals surface area contributed by atoms with Crippen molar-refractivity contribution in [2.45, 2.75) is 26.9 Å². The largest absolute Gasteiger partial charge is 0.456 e. The van der Waals surface area contributed by atoms with Crippen LogP contribution in [0.3, 0.4) is 0 Å². The van der Waals surface area contributed by atoms with Gasteiger partial charge in [-0.05, 0) is 73.6 Å². The van der Waals surface area contributed by atoms with Crippen LogP contribution in [0.25, 0.3) is 45.5 Å². The number of pyridine rings is 2. The van der Waals surface area contributed by atoms with Gasteiger partial charge in [-0.1, -0.05) is 97.1 Å². The molecule has 0 amide bonds. The molecule has 0 bridgehead atoms. The number of fused-ring (bicyclic) bond motifs is 2. The average Bonchev–Trinajstić information content (AvgIpc) is 3.22. The molecule has 1 aliphatic heterocycles. The molecule has 0 radical (unpaired) electrons. The Balaban J connectivity index is 0.000000593. The van der Waals surface area contributed by atoms with Gasteiger partial charge in [-0.3, -0.25) is 0 Å². The standard InChI is InChI=1S/C46H40N2O.2ClHO4/c1-3-47-41(31-27-37-15-11-13-21-43(37)47)29-25-35(26-30-42-32-28-38-16-12-14-22-44(38)48(42)4-2)23-24-36-33-45(39-17-7-5-8-18-39)49-46(34-36)40-19-9-6-10-20-40;2*2-1(3,4)5/h5-34H,3-4H2,1-2H3;2*(H,2,3,4,5)/q+2;;/p-2/b29-25+,30-26+;;. The number of hydrogen-bond acceptors (Lipinski definition) is 9. The third-order valence-electron chi connectivity index (χ3n) is 8.87. The molecule has 11 nitrogen and oxygen atoms in total. The van der Waals surface area contributed by atoms with Gasteiger partial charge in [0, 0.05) is 58.3 Å². The molecule has 1 aliphatic rings. The lowest BCUT2D eigenvalue weighted by atomic mass is 10.0. The maximum atomic E-state index is 8.49. The van der Waals surface area contributed by atoms with Crippen LogP contribution in [0.15, 0.2) is 181 Å². The van der Waals surface area contributed by atoms with Gasteiger partial charge in [0.15, 0.2) is 0 Å². The first-order chi connectivity index (χ1) is 28.2. The topological polar surface area (TPSA) is 201 Å². The van der Waals surface area contributed by atoms with Crippen LogP contribution >= 0.6 is 0 Å². The first kappa shape index (κ1) is 44.3. The summed E-state index contributed by atoms with van der Waals surface area (Å²) in [4.78, 5) is 0. The molecule has 0 N–H and O–H groups in total. The molecule has 4 aromatic carbocycles. The number of allylic oxidation sites excluding steroid dienone is 8. The predicted octanol–water partition coefficient (Wildman–Crippen LogP) is 0.788. The lowest BCUT2D eigenvalue weighted by Gasteiger charge is -2.19. The molecule has 0 saturated carbocycles. The third-order valence-corrected chi connectivity index (χ3v) is 8.87. The fraction of sp³-hybridized carbons (Fsp3) is 0.0870. The number of benzene rings is 4. The van der Waals surface area contributed by atoms with Crippen molar-refractivity contribution in [1.29, 1.82) is 0 Å². The van der Waals surface area contributed by atoms with E-state index >= 15 is 0 Å². The lowest BCUT2D eigenvalue weighted by Crippen LogP contribution is -2.68. The molecule has 2 aromatic heterocycles. The SMILES string of the molecule is CC[n+]1c(/C=C/C(=CC=C2C=C(c3ccccc3)OC(c3ccccc3)=C2)/C=C/c2ccc3ccccc3[n+]2CC)ccc2ccccc21.[O-][Cl+3]([O-])([O-])[O-].[O-][Cl+3]([O-])([O-])[O-]. The van der Waals surface area contributed by atoms with Gasteiger partial charge in [0.2, 0.25) is 22.4 Å². The van der Waals surface area contributed by atoms with E-state index in [0.717, 1.165) is 58.3 Å². The van der Waals surface area contributed by atoms with Crippen molar-refractivity contribution in [1.82, 2.24) is 0 Å². The van der Waals surface area contributed by atoms with E-state index in [-0.39, 0.29) is 0 Å². The highest BCUT2D eigenvalue weighted by Crippen LogP contribution is 2.32. The summed E-state index contributed by atoms with van der Waals surface area (Å²) in [6, 6.07) is 46.5. The number of halogens is 2. The zero-order valence-corrected chi connectivity index (χ0v) is 33.6. The Hall–Kier alpha value is -5.80. The molecule has 0 unspecified atom stereocenters. The van der Waals surface area contributed by atoms with Crippen molar-refractivity contribution in [3.8, 4) is 0 Å². The minimum absolute atomic E-state index is 0.828. The van der Waals surface area contributed by atoms with Crippen molar-refractivity contribution >= 4 is 45.5 Å². The molecule has 0 fully saturated rings. The zero-order valence-electron chi connectivity index (χ0n) is 32.1. The van der Waals surface area contributed by atoms with Gasteiger partial charge in [-0.25, -0.2) is 37.3 Å². The predicted molar refractivity (Wildman–Crippen MR) is 204 cm³/mol. The van der Waals surface area contributed by atoms with Crippen LogP contribution in [0.5, 0.6) is 0 Å². The summed E-state index contributed by atoms with van der Waals surface area (Å²) < 4.78 is 79.1. The first-order valence-corrected chi connectivity index (χ1v) is 20.7. The number of para-hydroxylation sites is 2. The summed E-state index contributed by atoms with van der Waals surface area (Å²) in [7, 11) is -9.89. The van der Waals surface area contributed by atoms with E-state index in [9.17, 15) is 0 Å². The fourth-order valence-electron chi connectivity index (χ4n) is 6.38. The number of nitrogens with zero attached hydrogens (tertiary/aromatic N) is 2. The number of aryl methyl sites for hydroxylation is 2. The van der Waals surface area contributed by atoms with Crippen LogP contribution in [-0.4, -0.2) is 0 Å². The molecule has 6 aromatic rings. The van der Waals surface area contributed by atoms with E-state index in [1.807, 2.05) is 36.4 Å². The number of hydrogen-bond donors (Lipinski definition) is 0. The molecular formula is C46H40Cl2N2O9. The smallest absolute Gasteiger partial charge is 0.212 e. The normalized spacial score (nSPS) is 12.9. The maximum absolute atomic E-state index is 8.49. The van der Waals surface area contributed by atoms with Gasteiger partial charge in [-0.2, -0.15) is 9.13 Å². The fourth-order valence-corrected chi connectivity index (χ4v) is 6.38. The van der Waals surface area contributed by atoms with Crippen molar-refractivity contribution in [2.24, 2.45) is 0 Å². The highest BCUT2D eigenvalue weighted by atomic mass is 35.7. The van der Waals surface area contributed by atoms with Crippen molar-refractivity contribution in [2.75, 3.05) is 0 Å². The molecule has 0 aliphatic carbocycles. The van der Waals surface area contributed by atoms with Crippen LogP contribution in [0.1, 0.15) is 36.4 Å². The van der Waals surface area contributed by atoms with Gasteiger partial charge in [0.05, 0.1) is 0 Å². The average molecular weight is 836 g/mol. The summed E-state index contributed by atoms with van der Waals surface area (Å²) in [6.45, 7) is 6.17. The lowest BCUT2D eigenvalue weighted by molar-refractivity contribution is -2.00. The Kier molecular flexibility index (Phi) is 15.6. The molecule has 302 valence electrons. The van der Waals surface area contributed by atoms with Crippen molar-refractivity contribution < 1.29 is 71.6 Å². The van der Waals surface area contributed by atoms with Gasteiger partial charge >= 0.3 is 0 Å². The third kappa shape index (κ3) is 13.9. The van der Waals surface area contributed by atoms with Crippen LogP contribution in [0.4, 0.5) is 0 Å². The van der Waals surface area contributed by atoms with Crippen LogP contribution in [0, 0.1) is 20.5 Å². The van der Waals surface area contributed by atoms with E-state index in [0.29, 0.717) is 0 Å². The van der Waals surface area contributed by atoms with Gasteiger partial charge in [0.25, 0.3) is 0 Å². The Morgan fingerprint density at radius 2 is 0.881 bits per heavy atom. The highest BCUT2D eigenvalue weighted by Gasteiger charge is 2.16. The second-order valence-electron chi connectivity index (χ2n) is 12.7. The monoisotopic (exact) mass is 834 g/mol. The Labute approximate surface area is 346 Å². The number of rotatable bonds is 9. The quantitative estimate of drug-likeness (QED) is 0.149. The van der Waals surface area contributed by atoms with Gasteiger partial charge in [0.1, 0.15) is 24.6 Å². The van der Waals surface area contributed by atoms with Gasteiger partial charge in [-0.15, -0.1) is 20.5 Å². The Bertz CT molecular complexity index is 2360. The summed E-state index contributed by atoms with van der Waals surface area (Å²) in [5.41, 5.74) is 9.00. The van der Waals surface area contributed by atoms with Gasteiger partial charge < -0.3 is 4.74 Å². The second kappa shape index (κ2) is 20.8. The molecule has 0 atom stereocenters. The Morgan fingerprint density at radius 3 is 1.27 bits per heavy atom. The summed E-state index contributed by atoms with van der Waals surface area (Å²) in [5, 5.41) is 2.48. The van der Waals surface area contributed by atoms with E-state index in [4.69, 9.17) is 42.0 Å². The molecule has 3 heterocycles. The van der Waals surface area contributed by atoms with Crippen LogP contribution in [0.2, 0.25) is 0 Å². The molecule has 0 saturated heterocycles. The molecule has 7 rings (SSSR count).